The molecule has 2 N–H and O–H groups in total. The van der Waals surface area contributed by atoms with E-state index < -0.39 is 8.56 Å². The molecule has 108 valence electrons. The molecule has 1 aromatic rings. The summed E-state index contributed by atoms with van der Waals surface area (Å²) in [5.74, 6) is 0. The van der Waals surface area contributed by atoms with Crippen molar-refractivity contribution in [3.63, 3.8) is 0 Å². The average molecular weight is 281 g/mol. The van der Waals surface area contributed by atoms with Gasteiger partial charge < -0.3 is 14.6 Å². The molecule has 0 aliphatic heterocycles. The summed E-state index contributed by atoms with van der Waals surface area (Å²) in [6, 6.07) is 11.5. The Morgan fingerprint density at radius 3 is 2.21 bits per heavy atom. The molecule has 1 unspecified atom stereocenters. The highest BCUT2D eigenvalue weighted by molar-refractivity contribution is 6.66. The van der Waals surface area contributed by atoms with Gasteiger partial charge in [0.1, 0.15) is 0 Å². The van der Waals surface area contributed by atoms with Crippen molar-refractivity contribution >= 4 is 8.56 Å². The molecule has 0 bridgehead atoms. The summed E-state index contributed by atoms with van der Waals surface area (Å²) in [7, 11) is -2.01. The highest BCUT2D eigenvalue weighted by Gasteiger charge is 2.30. The van der Waals surface area contributed by atoms with Crippen LogP contribution in [0.4, 0.5) is 0 Å². The van der Waals surface area contributed by atoms with Gasteiger partial charge in [0, 0.05) is 19.3 Å². The van der Waals surface area contributed by atoms with Crippen molar-refractivity contribution in [1.29, 1.82) is 0 Å². The van der Waals surface area contributed by atoms with Crippen LogP contribution in [0.2, 0.25) is 12.6 Å². The molecule has 0 radical (unpaired) electrons. The molecule has 0 saturated carbocycles. The first-order chi connectivity index (χ1) is 9.09. The third-order valence-corrected chi connectivity index (χ3v) is 6.20. The SMILES string of the molecule is CCO[Si](C)(CCC(N)Cc1ccccc1)OCC. The highest BCUT2D eigenvalue weighted by Crippen LogP contribution is 2.18. The van der Waals surface area contributed by atoms with Gasteiger partial charge in [-0.05, 0) is 44.8 Å². The summed E-state index contributed by atoms with van der Waals surface area (Å²) in [6.07, 6.45) is 1.88. The Morgan fingerprint density at radius 2 is 1.68 bits per heavy atom. The molecule has 0 amide bonds. The zero-order chi connectivity index (χ0) is 14.1. The van der Waals surface area contributed by atoms with Crippen molar-refractivity contribution in [3.05, 3.63) is 35.9 Å². The molecule has 19 heavy (non-hydrogen) atoms. The Labute approximate surface area is 118 Å². The maximum atomic E-state index is 6.22. The Bertz CT molecular complexity index is 339. The van der Waals surface area contributed by atoms with Crippen LogP contribution < -0.4 is 5.73 Å². The Kier molecular flexibility index (Phi) is 7.31. The van der Waals surface area contributed by atoms with E-state index in [2.05, 4.69) is 30.8 Å². The molecular weight excluding hydrogens is 254 g/mol. The molecule has 0 fully saturated rings. The van der Waals surface area contributed by atoms with Crippen molar-refractivity contribution in [2.24, 2.45) is 5.73 Å². The predicted octanol–water partition coefficient (Wildman–Crippen LogP) is 3.09. The van der Waals surface area contributed by atoms with Crippen LogP contribution in [0.25, 0.3) is 0 Å². The molecule has 1 rings (SSSR count). The monoisotopic (exact) mass is 281 g/mol. The third-order valence-electron chi connectivity index (χ3n) is 3.21. The topological polar surface area (TPSA) is 44.5 Å². The third kappa shape index (κ3) is 6.34. The van der Waals surface area contributed by atoms with Gasteiger partial charge in [-0.2, -0.15) is 0 Å². The molecule has 0 aromatic heterocycles. The molecule has 0 aliphatic carbocycles. The molecule has 1 atom stereocenters. The van der Waals surface area contributed by atoms with Crippen LogP contribution in [-0.4, -0.2) is 27.8 Å². The van der Waals surface area contributed by atoms with Gasteiger partial charge in [0.15, 0.2) is 0 Å². The van der Waals surface area contributed by atoms with Gasteiger partial charge in [0.25, 0.3) is 0 Å². The summed E-state index contributed by atoms with van der Waals surface area (Å²) in [4.78, 5) is 0. The van der Waals surface area contributed by atoms with E-state index in [1.165, 1.54) is 5.56 Å². The lowest BCUT2D eigenvalue weighted by molar-refractivity contribution is 0.187. The van der Waals surface area contributed by atoms with Crippen LogP contribution >= 0.6 is 0 Å². The van der Waals surface area contributed by atoms with Crippen LogP contribution in [0.5, 0.6) is 0 Å². The van der Waals surface area contributed by atoms with E-state index in [0.29, 0.717) is 0 Å². The second-order valence-corrected chi connectivity index (χ2v) is 8.33. The molecule has 3 nitrogen and oxygen atoms in total. The first kappa shape index (κ1) is 16.4. The lowest BCUT2D eigenvalue weighted by Gasteiger charge is -2.27. The second kappa shape index (κ2) is 8.48. The van der Waals surface area contributed by atoms with Gasteiger partial charge in [0.2, 0.25) is 0 Å². The van der Waals surface area contributed by atoms with Gasteiger partial charge in [0.05, 0.1) is 0 Å². The van der Waals surface area contributed by atoms with E-state index in [1.54, 1.807) is 0 Å². The van der Waals surface area contributed by atoms with Crippen molar-refractivity contribution < 1.29 is 8.85 Å². The van der Waals surface area contributed by atoms with Crippen LogP contribution in [0.15, 0.2) is 30.3 Å². The van der Waals surface area contributed by atoms with E-state index in [1.807, 2.05) is 19.9 Å². The zero-order valence-corrected chi connectivity index (χ0v) is 13.4. The van der Waals surface area contributed by atoms with Crippen LogP contribution in [0, 0.1) is 0 Å². The Morgan fingerprint density at radius 1 is 1.11 bits per heavy atom. The van der Waals surface area contributed by atoms with Gasteiger partial charge in [-0.3, -0.25) is 0 Å². The summed E-state index contributed by atoms with van der Waals surface area (Å²) < 4.78 is 11.7. The average Bonchev–Trinajstić information content (AvgIpc) is 2.38. The summed E-state index contributed by atoms with van der Waals surface area (Å²) in [5.41, 5.74) is 7.51. The normalized spacial score (nSPS) is 13.5. The van der Waals surface area contributed by atoms with Crippen LogP contribution in [0.1, 0.15) is 25.8 Å². The number of rotatable bonds is 9. The van der Waals surface area contributed by atoms with E-state index in [0.717, 1.165) is 32.1 Å². The summed E-state index contributed by atoms with van der Waals surface area (Å²) >= 11 is 0. The first-order valence-corrected chi connectivity index (χ1v) is 9.69. The fraction of sp³-hybridized carbons (Fsp3) is 0.600. The standard InChI is InChI=1S/C15H27NO2Si/c1-4-17-19(3,18-5-2)12-11-15(16)13-14-9-7-6-8-10-14/h6-10,15H,4-5,11-13,16H2,1-3H3. The molecular formula is C15H27NO2Si. The van der Waals surface area contributed by atoms with Gasteiger partial charge in [-0.25, -0.2) is 0 Å². The number of hydrogen-bond donors (Lipinski definition) is 1. The Balaban J connectivity index is 2.41. The fourth-order valence-electron chi connectivity index (χ4n) is 2.26. The molecule has 0 spiro atoms. The summed E-state index contributed by atoms with van der Waals surface area (Å²) in [5, 5.41) is 0. The smallest absolute Gasteiger partial charge is 0.334 e. The molecule has 4 heteroatoms. The largest absolute Gasteiger partial charge is 0.395 e. The minimum Gasteiger partial charge on any atom is -0.395 e. The van der Waals surface area contributed by atoms with Crippen molar-refractivity contribution in [2.75, 3.05) is 13.2 Å². The van der Waals surface area contributed by atoms with Crippen molar-refractivity contribution in [2.45, 2.75) is 45.3 Å². The van der Waals surface area contributed by atoms with Gasteiger partial charge in [-0.15, -0.1) is 0 Å². The number of benzene rings is 1. The van der Waals surface area contributed by atoms with Crippen molar-refractivity contribution in [3.8, 4) is 0 Å². The quantitative estimate of drug-likeness (QED) is 0.707. The maximum absolute atomic E-state index is 6.22. The van der Waals surface area contributed by atoms with Crippen LogP contribution in [0.3, 0.4) is 0 Å². The zero-order valence-electron chi connectivity index (χ0n) is 12.4. The lowest BCUT2D eigenvalue weighted by Crippen LogP contribution is -2.40. The summed E-state index contributed by atoms with van der Waals surface area (Å²) in [6.45, 7) is 7.62. The van der Waals surface area contributed by atoms with E-state index >= 15 is 0 Å². The number of nitrogens with two attached hydrogens (primary N) is 1. The van der Waals surface area contributed by atoms with Crippen LogP contribution in [-0.2, 0) is 15.3 Å². The van der Waals surface area contributed by atoms with Gasteiger partial charge in [-0.1, -0.05) is 30.3 Å². The second-order valence-electron chi connectivity index (χ2n) is 4.99. The molecule has 0 saturated heterocycles. The lowest BCUT2D eigenvalue weighted by atomic mass is 10.1. The number of hydrogen-bond acceptors (Lipinski definition) is 3. The van der Waals surface area contributed by atoms with Crippen molar-refractivity contribution in [1.82, 2.24) is 0 Å². The Hall–Kier alpha value is -0.683. The molecule has 1 aromatic carbocycles. The van der Waals surface area contributed by atoms with Gasteiger partial charge >= 0.3 is 8.56 Å². The highest BCUT2D eigenvalue weighted by atomic mass is 28.4. The van der Waals surface area contributed by atoms with E-state index in [9.17, 15) is 0 Å². The predicted molar refractivity (Wildman–Crippen MR) is 82.4 cm³/mol. The fourth-order valence-corrected chi connectivity index (χ4v) is 4.75. The minimum atomic E-state index is -2.01. The first-order valence-electron chi connectivity index (χ1n) is 7.17. The minimum absolute atomic E-state index is 0.176. The molecule has 0 aliphatic rings. The van der Waals surface area contributed by atoms with E-state index in [4.69, 9.17) is 14.6 Å². The van der Waals surface area contributed by atoms with E-state index in [-0.39, 0.29) is 6.04 Å². The molecule has 0 heterocycles. The maximum Gasteiger partial charge on any atom is 0.334 e.